The predicted molar refractivity (Wildman–Crippen MR) is 108 cm³/mol. The number of amides is 1. The van der Waals surface area contributed by atoms with Crippen LogP contribution in [0.2, 0.25) is 0 Å². The molecule has 1 fully saturated rings. The van der Waals surface area contributed by atoms with Gasteiger partial charge in [-0.3, -0.25) is 4.79 Å². The van der Waals surface area contributed by atoms with E-state index in [4.69, 9.17) is 14.0 Å². The number of aromatic nitrogens is 2. The van der Waals surface area contributed by atoms with Crippen molar-refractivity contribution in [1.82, 2.24) is 10.1 Å². The average Bonchev–Trinajstić information content (AvgIpc) is 3.33. The molecule has 1 unspecified atom stereocenters. The molecule has 0 aliphatic carbocycles. The van der Waals surface area contributed by atoms with E-state index in [9.17, 15) is 4.79 Å². The minimum Gasteiger partial charge on any atom is -0.493 e. The summed E-state index contributed by atoms with van der Waals surface area (Å²) in [5.41, 5.74) is 3.84. The monoisotopic (exact) mass is 393 g/mol. The quantitative estimate of drug-likeness (QED) is 0.654. The highest BCUT2D eigenvalue weighted by atomic mass is 16.5. The smallest absolute Gasteiger partial charge is 0.232 e. The van der Waals surface area contributed by atoms with Crippen molar-refractivity contribution in [3.05, 3.63) is 53.4 Å². The molecule has 150 valence electrons. The maximum Gasteiger partial charge on any atom is 0.232 e. The van der Waals surface area contributed by atoms with Crippen molar-refractivity contribution in [3.63, 3.8) is 0 Å². The highest BCUT2D eigenvalue weighted by molar-refractivity contribution is 5.96. The third kappa shape index (κ3) is 3.55. The molecule has 0 bridgehead atoms. The van der Waals surface area contributed by atoms with Crippen LogP contribution in [-0.4, -0.2) is 36.8 Å². The van der Waals surface area contributed by atoms with E-state index in [-0.39, 0.29) is 11.8 Å². The number of anilines is 1. The van der Waals surface area contributed by atoms with Crippen molar-refractivity contribution in [2.75, 3.05) is 25.7 Å². The second kappa shape index (κ2) is 7.58. The summed E-state index contributed by atoms with van der Waals surface area (Å²) in [6.45, 7) is 4.57. The summed E-state index contributed by atoms with van der Waals surface area (Å²) < 4.78 is 16.3. The van der Waals surface area contributed by atoms with Crippen LogP contribution >= 0.6 is 0 Å². The van der Waals surface area contributed by atoms with Gasteiger partial charge in [0.25, 0.3) is 0 Å². The van der Waals surface area contributed by atoms with Crippen molar-refractivity contribution >= 4 is 11.6 Å². The van der Waals surface area contributed by atoms with Gasteiger partial charge in [-0.15, -0.1) is 0 Å². The fraction of sp³-hybridized carbons (Fsp3) is 0.318. The maximum absolute atomic E-state index is 12.6. The summed E-state index contributed by atoms with van der Waals surface area (Å²) in [5, 5.41) is 4.11. The second-order valence-electron chi connectivity index (χ2n) is 7.25. The first-order valence-electron chi connectivity index (χ1n) is 9.43. The number of methoxy groups -OCH3 is 2. The molecule has 1 amide bonds. The zero-order valence-corrected chi connectivity index (χ0v) is 16.9. The molecule has 1 aliphatic rings. The maximum atomic E-state index is 12.6. The van der Waals surface area contributed by atoms with Crippen LogP contribution in [0.4, 0.5) is 5.69 Å². The Hall–Kier alpha value is -3.35. The van der Waals surface area contributed by atoms with Crippen molar-refractivity contribution in [1.29, 1.82) is 0 Å². The number of carbonyl (C=O) groups excluding carboxylic acids is 1. The third-order valence-corrected chi connectivity index (χ3v) is 5.08. The van der Waals surface area contributed by atoms with Gasteiger partial charge in [-0.25, -0.2) is 0 Å². The summed E-state index contributed by atoms with van der Waals surface area (Å²) in [4.78, 5) is 19.0. The molecule has 0 radical (unpaired) electrons. The van der Waals surface area contributed by atoms with Gasteiger partial charge in [0.15, 0.2) is 11.5 Å². The highest BCUT2D eigenvalue weighted by Crippen LogP contribution is 2.38. The topological polar surface area (TPSA) is 77.7 Å². The van der Waals surface area contributed by atoms with Crippen LogP contribution in [0.3, 0.4) is 0 Å². The van der Waals surface area contributed by atoms with Gasteiger partial charge in [-0.2, -0.15) is 4.98 Å². The van der Waals surface area contributed by atoms with Crippen LogP contribution < -0.4 is 14.4 Å². The van der Waals surface area contributed by atoms with E-state index < -0.39 is 0 Å². The van der Waals surface area contributed by atoms with Crippen molar-refractivity contribution in [2.45, 2.75) is 26.2 Å². The van der Waals surface area contributed by atoms with Crippen molar-refractivity contribution < 1.29 is 18.8 Å². The predicted octanol–water partition coefficient (Wildman–Crippen LogP) is 3.89. The lowest BCUT2D eigenvalue weighted by atomic mass is 10.1. The number of para-hydroxylation sites is 1. The van der Waals surface area contributed by atoms with Crippen LogP contribution in [0.25, 0.3) is 11.4 Å². The molecule has 7 nitrogen and oxygen atoms in total. The van der Waals surface area contributed by atoms with Gasteiger partial charge in [-0.05, 0) is 49.2 Å². The Labute approximate surface area is 169 Å². The van der Waals surface area contributed by atoms with Gasteiger partial charge in [-0.1, -0.05) is 17.3 Å². The summed E-state index contributed by atoms with van der Waals surface area (Å²) in [6, 6.07) is 11.6. The molecule has 1 aromatic heterocycles. The second-order valence-corrected chi connectivity index (χ2v) is 7.25. The summed E-state index contributed by atoms with van der Waals surface area (Å²) in [7, 11) is 3.15. The van der Waals surface area contributed by atoms with E-state index in [1.165, 1.54) is 0 Å². The molecular weight excluding hydrogens is 370 g/mol. The molecule has 1 aliphatic heterocycles. The number of rotatable bonds is 5. The molecule has 3 aromatic rings. The van der Waals surface area contributed by atoms with Crippen LogP contribution in [0.5, 0.6) is 11.5 Å². The lowest BCUT2D eigenvalue weighted by molar-refractivity contribution is -0.117. The number of hydrogen-bond donors (Lipinski definition) is 0. The number of carbonyl (C=O) groups is 1. The van der Waals surface area contributed by atoms with E-state index in [2.05, 4.69) is 16.2 Å². The first-order chi connectivity index (χ1) is 14.0. The summed E-state index contributed by atoms with van der Waals surface area (Å²) in [5.74, 6) is 1.90. The number of hydrogen-bond acceptors (Lipinski definition) is 6. The molecule has 4 rings (SSSR count). The van der Waals surface area contributed by atoms with Crippen LogP contribution in [0.1, 0.15) is 29.4 Å². The molecule has 1 saturated heterocycles. The Morgan fingerprint density at radius 3 is 2.55 bits per heavy atom. The molecule has 7 heteroatoms. The first-order valence-corrected chi connectivity index (χ1v) is 9.43. The van der Waals surface area contributed by atoms with E-state index in [1.807, 2.05) is 38.1 Å². The minimum atomic E-state index is -0.152. The van der Waals surface area contributed by atoms with Gasteiger partial charge in [0.1, 0.15) is 0 Å². The molecule has 1 atom stereocenters. The van der Waals surface area contributed by atoms with Gasteiger partial charge in [0.05, 0.1) is 25.7 Å². The molecule has 0 N–H and O–H groups in total. The highest BCUT2D eigenvalue weighted by Gasteiger charge is 2.35. The zero-order valence-electron chi connectivity index (χ0n) is 16.9. The lowest BCUT2D eigenvalue weighted by Crippen LogP contribution is -2.24. The third-order valence-electron chi connectivity index (χ3n) is 5.08. The van der Waals surface area contributed by atoms with E-state index in [0.717, 1.165) is 16.8 Å². The van der Waals surface area contributed by atoms with Gasteiger partial charge < -0.3 is 18.9 Å². The zero-order chi connectivity index (χ0) is 20.5. The largest absolute Gasteiger partial charge is 0.493 e. The Bertz CT molecular complexity index is 1040. The van der Waals surface area contributed by atoms with Gasteiger partial charge in [0, 0.05) is 18.7 Å². The molecule has 29 heavy (non-hydrogen) atoms. The molecular formula is C22H23N3O4. The molecule has 0 spiro atoms. The van der Waals surface area contributed by atoms with Crippen LogP contribution in [0.15, 0.2) is 40.9 Å². The molecule has 0 saturated carbocycles. The first kappa shape index (κ1) is 19.0. The van der Waals surface area contributed by atoms with Gasteiger partial charge in [0.2, 0.25) is 17.6 Å². The number of aryl methyl sites for hydroxylation is 2. The minimum absolute atomic E-state index is 0.0544. The van der Waals surface area contributed by atoms with Crippen molar-refractivity contribution in [2.24, 2.45) is 0 Å². The fourth-order valence-electron chi connectivity index (χ4n) is 3.80. The van der Waals surface area contributed by atoms with E-state index in [1.54, 1.807) is 25.2 Å². The Morgan fingerprint density at radius 1 is 1.10 bits per heavy atom. The number of nitrogens with zero attached hydrogens (tertiary/aromatic N) is 3. The van der Waals surface area contributed by atoms with Crippen molar-refractivity contribution in [3.8, 4) is 22.9 Å². The Morgan fingerprint density at radius 2 is 1.86 bits per heavy atom. The summed E-state index contributed by atoms with van der Waals surface area (Å²) >= 11 is 0. The van der Waals surface area contributed by atoms with Gasteiger partial charge >= 0.3 is 0 Å². The standard InChI is InChI=1S/C22H23N3O4/c1-13-8-14(2)10-16(9-13)25-12-15(11-19(25)26)22-23-21(24-29-22)17-6-5-7-18(27-3)20(17)28-4/h5-10,15H,11-12H2,1-4H3. The lowest BCUT2D eigenvalue weighted by Gasteiger charge is -2.17. The number of ether oxygens (including phenoxy) is 2. The Balaban J connectivity index is 1.60. The average molecular weight is 393 g/mol. The molecule has 2 aromatic carbocycles. The molecule has 2 heterocycles. The Kier molecular flexibility index (Phi) is 4.96. The normalized spacial score (nSPS) is 16.3. The van der Waals surface area contributed by atoms with E-state index in [0.29, 0.717) is 41.7 Å². The van der Waals surface area contributed by atoms with Crippen LogP contribution in [-0.2, 0) is 4.79 Å². The summed E-state index contributed by atoms with van der Waals surface area (Å²) in [6.07, 6.45) is 0.337. The SMILES string of the molecule is COc1cccc(-c2noc(C3CC(=O)N(c4cc(C)cc(C)c4)C3)n2)c1OC. The fourth-order valence-corrected chi connectivity index (χ4v) is 3.80. The number of benzene rings is 2. The van der Waals surface area contributed by atoms with E-state index >= 15 is 0 Å². The van der Waals surface area contributed by atoms with Crippen LogP contribution in [0, 0.1) is 13.8 Å².